The van der Waals surface area contributed by atoms with Crippen LogP contribution in [0.1, 0.15) is 34.3 Å². The second-order valence-corrected chi connectivity index (χ2v) is 7.11. The zero-order valence-corrected chi connectivity index (χ0v) is 15.7. The number of nitrogens with zero attached hydrogens (tertiary/aromatic N) is 1. The highest BCUT2D eigenvalue weighted by Gasteiger charge is 2.31. The van der Waals surface area contributed by atoms with E-state index in [4.69, 9.17) is 0 Å². The van der Waals surface area contributed by atoms with Crippen molar-refractivity contribution in [3.8, 4) is 0 Å². The molecule has 1 saturated heterocycles. The van der Waals surface area contributed by atoms with Gasteiger partial charge in [-0.25, -0.2) is 4.39 Å². The van der Waals surface area contributed by atoms with Crippen molar-refractivity contribution in [3.63, 3.8) is 0 Å². The molecule has 29 heavy (non-hydrogen) atoms. The Balaban J connectivity index is 1.57. The summed E-state index contributed by atoms with van der Waals surface area (Å²) in [5, 5.41) is 2.58. The van der Waals surface area contributed by atoms with Crippen molar-refractivity contribution in [3.05, 3.63) is 65.0 Å². The van der Waals surface area contributed by atoms with Crippen LogP contribution in [0, 0.1) is 18.7 Å². The van der Waals surface area contributed by atoms with Crippen molar-refractivity contribution in [2.24, 2.45) is 5.92 Å². The molecule has 0 aliphatic carbocycles. The largest absolute Gasteiger partial charge is 0.416 e. The molecule has 154 valence electrons. The molecule has 1 N–H and O–H groups in total. The van der Waals surface area contributed by atoms with Crippen LogP contribution in [-0.2, 0) is 11.0 Å². The number of amides is 2. The average Bonchev–Trinajstić information content (AvgIpc) is 2.69. The summed E-state index contributed by atoms with van der Waals surface area (Å²) in [6, 6.07) is 8.61. The number of aryl methyl sites for hydroxylation is 1. The first-order valence-corrected chi connectivity index (χ1v) is 9.18. The van der Waals surface area contributed by atoms with E-state index in [2.05, 4.69) is 5.32 Å². The Morgan fingerprint density at radius 3 is 2.21 bits per heavy atom. The second-order valence-electron chi connectivity index (χ2n) is 7.11. The second kappa shape index (κ2) is 8.23. The fourth-order valence-corrected chi connectivity index (χ4v) is 3.29. The molecule has 2 aromatic carbocycles. The smallest absolute Gasteiger partial charge is 0.339 e. The Labute approximate surface area is 165 Å². The van der Waals surface area contributed by atoms with Gasteiger partial charge in [0.25, 0.3) is 5.91 Å². The molecule has 1 fully saturated rings. The number of carbonyl (C=O) groups excluding carboxylic acids is 2. The van der Waals surface area contributed by atoms with Crippen LogP contribution in [0.5, 0.6) is 0 Å². The number of carbonyl (C=O) groups is 2. The Morgan fingerprint density at radius 1 is 1.03 bits per heavy atom. The van der Waals surface area contributed by atoms with Gasteiger partial charge >= 0.3 is 6.18 Å². The first-order chi connectivity index (χ1) is 13.6. The van der Waals surface area contributed by atoms with E-state index >= 15 is 0 Å². The van der Waals surface area contributed by atoms with Gasteiger partial charge in [0, 0.05) is 24.6 Å². The van der Waals surface area contributed by atoms with Crippen molar-refractivity contribution in [2.45, 2.75) is 25.9 Å². The highest BCUT2D eigenvalue weighted by atomic mass is 19.4. The summed E-state index contributed by atoms with van der Waals surface area (Å²) in [6.07, 6.45) is -3.67. The molecular formula is C21H20F4N2O2. The third-order valence-electron chi connectivity index (χ3n) is 4.99. The molecule has 0 unspecified atom stereocenters. The predicted octanol–water partition coefficient (Wildman–Crippen LogP) is 4.64. The number of hydrogen-bond acceptors (Lipinski definition) is 2. The van der Waals surface area contributed by atoms with Crippen LogP contribution in [0.15, 0.2) is 42.5 Å². The normalized spacial score (nSPS) is 15.3. The molecule has 0 atom stereocenters. The summed E-state index contributed by atoms with van der Waals surface area (Å²) in [6.45, 7) is 2.35. The van der Waals surface area contributed by atoms with Gasteiger partial charge in [0.05, 0.1) is 11.3 Å². The van der Waals surface area contributed by atoms with Crippen molar-refractivity contribution < 1.29 is 27.2 Å². The maximum atomic E-state index is 13.9. The summed E-state index contributed by atoms with van der Waals surface area (Å²) < 4.78 is 51.8. The van der Waals surface area contributed by atoms with Gasteiger partial charge in [0.1, 0.15) is 5.82 Å². The van der Waals surface area contributed by atoms with Gasteiger partial charge < -0.3 is 10.2 Å². The van der Waals surface area contributed by atoms with Gasteiger partial charge in [-0.05, 0) is 61.7 Å². The van der Waals surface area contributed by atoms with Gasteiger partial charge in [-0.1, -0.05) is 6.07 Å². The molecule has 1 aliphatic rings. The zero-order chi connectivity index (χ0) is 21.2. The summed E-state index contributed by atoms with van der Waals surface area (Å²) in [5.74, 6) is -1.56. The monoisotopic (exact) mass is 408 g/mol. The molecule has 4 nitrogen and oxygen atoms in total. The molecule has 2 amide bonds. The van der Waals surface area contributed by atoms with E-state index in [0.717, 1.165) is 29.8 Å². The Morgan fingerprint density at radius 2 is 1.66 bits per heavy atom. The minimum absolute atomic E-state index is 0.115. The molecule has 1 aliphatic heterocycles. The van der Waals surface area contributed by atoms with E-state index in [0.29, 0.717) is 25.9 Å². The van der Waals surface area contributed by atoms with Gasteiger partial charge in [-0.3, -0.25) is 9.59 Å². The summed E-state index contributed by atoms with van der Waals surface area (Å²) in [7, 11) is 0. The number of alkyl halides is 3. The predicted molar refractivity (Wildman–Crippen MR) is 99.8 cm³/mol. The topological polar surface area (TPSA) is 49.4 Å². The highest BCUT2D eigenvalue weighted by molar-refractivity contribution is 5.95. The first-order valence-electron chi connectivity index (χ1n) is 9.18. The minimum Gasteiger partial charge on any atom is -0.339 e. The average molecular weight is 408 g/mol. The molecule has 8 heteroatoms. The molecule has 0 bridgehead atoms. The number of halogens is 4. The van der Waals surface area contributed by atoms with Crippen molar-refractivity contribution in [1.82, 2.24) is 4.90 Å². The Kier molecular flexibility index (Phi) is 5.91. The van der Waals surface area contributed by atoms with E-state index in [9.17, 15) is 27.2 Å². The molecule has 1 heterocycles. The maximum absolute atomic E-state index is 13.9. The van der Waals surface area contributed by atoms with Crippen LogP contribution in [0.25, 0.3) is 0 Å². The van der Waals surface area contributed by atoms with Crippen LogP contribution in [0.4, 0.5) is 23.2 Å². The number of benzene rings is 2. The summed E-state index contributed by atoms with van der Waals surface area (Å²) >= 11 is 0. The fourth-order valence-electron chi connectivity index (χ4n) is 3.29. The lowest BCUT2D eigenvalue weighted by atomic mass is 9.95. The van der Waals surface area contributed by atoms with E-state index in [-0.39, 0.29) is 29.0 Å². The minimum atomic E-state index is -4.45. The standard InChI is InChI=1S/C21H20F4N2O2/c1-13-2-7-18(17(22)12-13)26-19(28)14-8-10-27(11-9-14)20(29)15-3-5-16(6-4-15)21(23,24)25/h2-7,12,14H,8-11H2,1H3,(H,26,28). The van der Waals surface area contributed by atoms with Crippen LogP contribution in [-0.4, -0.2) is 29.8 Å². The van der Waals surface area contributed by atoms with E-state index in [1.807, 2.05) is 0 Å². The van der Waals surface area contributed by atoms with Gasteiger partial charge in [0.2, 0.25) is 5.91 Å². The van der Waals surface area contributed by atoms with E-state index in [1.54, 1.807) is 13.0 Å². The van der Waals surface area contributed by atoms with Gasteiger partial charge in [-0.15, -0.1) is 0 Å². The Bertz CT molecular complexity index is 902. The SMILES string of the molecule is Cc1ccc(NC(=O)C2CCN(C(=O)c3ccc(C(F)(F)F)cc3)CC2)c(F)c1. The number of piperidine rings is 1. The van der Waals surface area contributed by atoms with E-state index in [1.165, 1.54) is 17.0 Å². The Hall–Kier alpha value is -2.90. The van der Waals surface area contributed by atoms with Crippen molar-refractivity contribution in [2.75, 3.05) is 18.4 Å². The molecule has 0 radical (unpaired) electrons. The van der Waals surface area contributed by atoms with Crippen LogP contribution in [0.3, 0.4) is 0 Å². The molecule has 0 spiro atoms. The number of rotatable bonds is 3. The molecule has 2 aromatic rings. The third-order valence-corrected chi connectivity index (χ3v) is 4.99. The molecular weight excluding hydrogens is 388 g/mol. The third kappa shape index (κ3) is 4.93. The summed E-state index contributed by atoms with van der Waals surface area (Å²) in [5.41, 5.74) is 0.217. The van der Waals surface area contributed by atoms with Crippen LogP contribution < -0.4 is 5.32 Å². The summed E-state index contributed by atoms with van der Waals surface area (Å²) in [4.78, 5) is 26.4. The van der Waals surface area contributed by atoms with Crippen LogP contribution in [0.2, 0.25) is 0 Å². The number of anilines is 1. The molecule has 3 rings (SSSR count). The van der Waals surface area contributed by atoms with Crippen molar-refractivity contribution >= 4 is 17.5 Å². The highest BCUT2D eigenvalue weighted by Crippen LogP contribution is 2.29. The van der Waals surface area contributed by atoms with E-state index < -0.39 is 17.6 Å². The lowest BCUT2D eigenvalue weighted by molar-refractivity contribution is -0.137. The van der Waals surface area contributed by atoms with Gasteiger partial charge in [0.15, 0.2) is 0 Å². The fraction of sp³-hybridized carbons (Fsp3) is 0.333. The molecule has 0 aromatic heterocycles. The maximum Gasteiger partial charge on any atom is 0.416 e. The number of likely N-dealkylation sites (tertiary alicyclic amines) is 1. The number of hydrogen-bond donors (Lipinski definition) is 1. The lowest BCUT2D eigenvalue weighted by Crippen LogP contribution is -2.41. The van der Waals surface area contributed by atoms with Gasteiger partial charge in [-0.2, -0.15) is 13.2 Å². The molecule has 0 saturated carbocycles. The van der Waals surface area contributed by atoms with Crippen LogP contribution >= 0.6 is 0 Å². The number of nitrogens with one attached hydrogen (secondary N) is 1. The quantitative estimate of drug-likeness (QED) is 0.752. The van der Waals surface area contributed by atoms with Crippen molar-refractivity contribution in [1.29, 1.82) is 0 Å². The lowest BCUT2D eigenvalue weighted by Gasteiger charge is -2.31. The zero-order valence-electron chi connectivity index (χ0n) is 15.7. The first kappa shape index (κ1) is 20.8.